The molecule has 0 saturated carbocycles. The molecule has 0 fully saturated rings. The summed E-state index contributed by atoms with van der Waals surface area (Å²) < 4.78 is 10.6. The van der Waals surface area contributed by atoms with Crippen LogP contribution in [0.4, 0.5) is 5.69 Å². The Kier molecular flexibility index (Phi) is 9.52. The summed E-state index contributed by atoms with van der Waals surface area (Å²) in [7, 11) is 1.31. The molecular formula is C27H26N4O7. The van der Waals surface area contributed by atoms with Crippen molar-refractivity contribution < 1.29 is 29.1 Å². The van der Waals surface area contributed by atoms with Crippen LogP contribution in [0.5, 0.6) is 17.2 Å². The average molecular weight is 519 g/mol. The van der Waals surface area contributed by atoms with E-state index in [4.69, 9.17) is 9.47 Å². The Morgan fingerprint density at radius 1 is 1.08 bits per heavy atom. The standard InChI is InChI=1S/C27H26N4O7/c1-3-13-38-21-11-9-18(10-12-21)14-23(29-26(33)19-7-5-4-6-8-19)27(34)30-28-17-20-15-22(37-2)16-24(25(20)32)31(35)36/h4-12,14-17,32H,3,13H2,1-2H3,(H,29,33)(H,30,34)/b23-14+,28-17-. The molecule has 0 aliphatic rings. The molecule has 11 nitrogen and oxygen atoms in total. The second-order valence-corrected chi connectivity index (χ2v) is 7.84. The van der Waals surface area contributed by atoms with E-state index >= 15 is 0 Å². The van der Waals surface area contributed by atoms with Crippen LogP contribution in [0.2, 0.25) is 0 Å². The Balaban J connectivity index is 1.85. The van der Waals surface area contributed by atoms with E-state index in [-0.39, 0.29) is 17.0 Å². The summed E-state index contributed by atoms with van der Waals surface area (Å²) in [6.45, 7) is 2.57. The van der Waals surface area contributed by atoms with Crippen molar-refractivity contribution in [1.82, 2.24) is 10.7 Å². The molecule has 3 N–H and O–H groups in total. The van der Waals surface area contributed by atoms with Crippen LogP contribution in [-0.2, 0) is 4.79 Å². The van der Waals surface area contributed by atoms with Gasteiger partial charge in [0.1, 0.15) is 17.2 Å². The number of phenolic OH excluding ortho intramolecular Hbond substituents is 1. The minimum atomic E-state index is -0.772. The molecule has 2 amide bonds. The number of carbonyl (C=O) groups is 2. The van der Waals surface area contributed by atoms with E-state index in [0.29, 0.717) is 23.5 Å². The van der Waals surface area contributed by atoms with Crippen LogP contribution < -0.4 is 20.2 Å². The van der Waals surface area contributed by atoms with Crippen LogP contribution in [0.1, 0.15) is 34.8 Å². The molecule has 0 spiro atoms. The summed E-state index contributed by atoms with van der Waals surface area (Å²) in [5.41, 5.74) is 2.46. The van der Waals surface area contributed by atoms with Gasteiger partial charge in [0.05, 0.1) is 30.9 Å². The molecular weight excluding hydrogens is 492 g/mol. The van der Waals surface area contributed by atoms with Gasteiger partial charge in [-0.05, 0) is 48.4 Å². The predicted molar refractivity (Wildman–Crippen MR) is 141 cm³/mol. The smallest absolute Gasteiger partial charge is 0.315 e. The molecule has 3 aromatic rings. The highest BCUT2D eigenvalue weighted by molar-refractivity contribution is 6.05. The van der Waals surface area contributed by atoms with Crippen LogP contribution in [0.3, 0.4) is 0 Å². The number of aromatic hydroxyl groups is 1. The number of nitro groups is 1. The van der Waals surface area contributed by atoms with Crippen molar-refractivity contribution >= 4 is 29.8 Å². The number of nitro benzene ring substituents is 1. The van der Waals surface area contributed by atoms with Crippen molar-refractivity contribution in [3.8, 4) is 17.2 Å². The van der Waals surface area contributed by atoms with Crippen molar-refractivity contribution in [1.29, 1.82) is 0 Å². The number of phenols is 1. The largest absolute Gasteiger partial charge is 0.502 e. The van der Waals surface area contributed by atoms with Gasteiger partial charge in [-0.2, -0.15) is 5.10 Å². The number of hydrogen-bond donors (Lipinski definition) is 3. The second kappa shape index (κ2) is 13.2. The topological polar surface area (TPSA) is 152 Å². The summed E-state index contributed by atoms with van der Waals surface area (Å²) in [5, 5.41) is 27.8. The average Bonchev–Trinajstić information content (AvgIpc) is 2.93. The molecule has 38 heavy (non-hydrogen) atoms. The predicted octanol–water partition coefficient (Wildman–Crippen LogP) is 4.02. The zero-order chi connectivity index (χ0) is 27.5. The van der Waals surface area contributed by atoms with Gasteiger partial charge < -0.3 is 19.9 Å². The fourth-order valence-electron chi connectivity index (χ4n) is 3.18. The molecule has 3 rings (SSSR count). The maximum absolute atomic E-state index is 13.0. The lowest BCUT2D eigenvalue weighted by molar-refractivity contribution is -0.385. The van der Waals surface area contributed by atoms with E-state index in [1.165, 1.54) is 19.3 Å². The normalized spacial score (nSPS) is 11.2. The highest BCUT2D eigenvalue weighted by Gasteiger charge is 2.19. The third-order valence-electron chi connectivity index (χ3n) is 5.09. The van der Waals surface area contributed by atoms with Crippen LogP contribution in [0, 0.1) is 10.1 Å². The summed E-state index contributed by atoms with van der Waals surface area (Å²) >= 11 is 0. The zero-order valence-corrected chi connectivity index (χ0v) is 20.7. The Bertz CT molecular complexity index is 1350. The molecule has 0 unspecified atom stereocenters. The number of rotatable bonds is 11. The van der Waals surface area contributed by atoms with Crippen molar-refractivity contribution in [3.63, 3.8) is 0 Å². The fourth-order valence-corrected chi connectivity index (χ4v) is 3.18. The van der Waals surface area contributed by atoms with E-state index < -0.39 is 28.2 Å². The molecule has 0 saturated heterocycles. The molecule has 3 aromatic carbocycles. The number of nitrogens with one attached hydrogen (secondary N) is 2. The summed E-state index contributed by atoms with van der Waals surface area (Å²) in [6, 6.07) is 17.7. The van der Waals surface area contributed by atoms with E-state index in [0.717, 1.165) is 18.7 Å². The quantitative estimate of drug-likeness (QED) is 0.150. The van der Waals surface area contributed by atoms with E-state index in [2.05, 4.69) is 15.8 Å². The lowest BCUT2D eigenvalue weighted by Crippen LogP contribution is -2.32. The van der Waals surface area contributed by atoms with E-state index in [9.17, 15) is 24.8 Å². The first-order chi connectivity index (χ1) is 18.3. The molecule has 0 bridgehead atoms. The zero-order valence-electron chi connectivity index (χ0n) is 20.7. The first-order valence-corrected chi connectivity index (χ1v) is 11.5. The monoisotopic (exact) mass is 518 g/mol. The minimum Gasteiger partial charge on any atom is -0.502 e. The number of benzene rings is 3. The van der Waals surface area contributed by atoms with Gasteiger partial charge in [-0.3, -0.25) is 19.7 Å². The molecule has 0 aliphatic heterocycles. The van der Waals surface area contributed by atoms with Crippen molar-refractivity contribution in [3.05, 3.63) is 99.2 Å². The van der Waals surface area contributed by atoms with Gasteiger partial charge >= 0.3 is 5.69 Å². The number of nitrogens with zero attached hydrogens (tertiary/aromatic N) is 2. The number of amides is 2. The maximum atomic E-state index is 13.0. The third-order valence-corrected chi connectivity index (χ3v) is 5.09. The highest BCUT2D eigenvalue weighted by atomic mass is 16.6. The van der Waals surface area contributed by atoms with Crippen molar-refractivity contribution in [2.24, 2.45) is 5.10 Å². The van der Waals surface area contributed by atoms with Gasteiger partial charge in [0, 0.05) is 11.1 Å². The van der Waals surface area contributed by atoms with Gasteiger partial charge in [0.15, 0.2) is 0 Å². The Morgan fingerprint density at radius 2 is 1.79 bits per heavy atom. The first kappa shape index (κ1) is 27.4. The number of methoxy groups -OCH3 is 1. The van der Waals surface area contributed by atoms with Crippen molar-refractivity contribution in [2.75, 3.05) is 13.7 Å². The lowest BCUT2D eigenvalue weighted by atomic mass is 10.1. The number of carbonyl (C=O) groups excluding carboxylic acids is 2. The number of hydrazone groups is 1. The first-order valence-electron chi connectivity index (χ1n) is 11.5. The fraction of sp³-hybridized carbons (Fsp3) is 0.148. The summed E-state index contributed by atoms with van der Waals surface area (Å²) in [5.74, 6) is -1.15. The minimum absolute atomic E-state index is 0.0575. The Hall–Kier alpha value is -5.19. The van der Waals surface area contributed by atoms with Crippen LogP contribution in [-0.4, -0.2) is 41.8 Å². The van der Waals surface area contributed by atoms with Gasteiger partial charge in [-0.15, -0.1) is 0 Å². The van der Waals surface area contributed by atoms with Crippen LogP contribution in [0.15, 0.2) is 77.5 Å². The Morgan fingerprint density at radius 3 is 2.42 bits per heavy atom. The number of ether oxygens (including phenoxy) is 2. The molecule has 196 valence electrons. The maximum Gasteiger partial charge on any atom is 0.315 e. The lowest BCUT2D eigenvalue weighted by Gasteiger charge is -2.10. The molecule has 0 radical (unpaired) electrons. The highest BCUT2D eigenvalue weighted by Crippen LogP contribution is 2.33. The van der Waals surface area contributed by atoms with Crippen LogP contribution in [0.25, 0.3) is 6.08 Å². The van der Waals surface area contributed by atoms with E-state index in [1.807, 2.05) is 6.92 Å². The molecule has 0 aromatic heterocycles. The van der Waals surface area contributed by atoms with Gasteiger partial charge in [-0.1, -0.05) is 37.3 Å². The number of hydrogen-bond acceptors (Lipinski definition) is 8. The van der Waals surface area contributed by atoms with Gasteiger partial charge in [0.2, 0.25) is 5.75 Å². The SMILES string of the molecule is CCCOc1ccc(/C=C(/NC(=O)c2ccccc2)C(=O)N/N=C\c2cc(OC)cc([N+](=O)[O-])c2O)cc1. The summed E-state index contributed by atoms with van der Waals surface area (Å²) in [6.07, 6.45) is 3.35. The van der Waals surface area contributed by atoms with Crippen LogP contribution >= 0.6 is 0 Å². The molecule has 11 heteroatoms. The Labute approximate surface area is 218 Å². The second-order valence-electron chi connectivity index (χ2n) is 7.84. The molecule has 0 atom stereocenters. The molecule has 0 aliphatic carbocycles. The van der Waals surface area contributed by atoms with E-state index in [1.54, 1.807) is 54.6 Å². The molecule has 0 heterocycles. The van der Waals surface area contributed by atoms with Gasteiger partial charge in [0.25, 0.3) is 11.8 Å². The third kappa shape index (κ3) is 7.40. The summed E-state index contributed by atoms with van der Waals surface area (Å²) in [4.78, 5) is 36.1. The van der Waals surface area contributed by atoms with Gasteiger partial charge in [-0.25, -0.2) is 5.43 Å². The van der Waals surface area contributed by atoms with Crippen molar-refractivity contribution in [2.45, 2.75) is 13.3 Å².